The largest absolute Gasteiger partial charge is 0.357 e. The Morgan fingerprint density at radius 2 is 1.96 bits per heavy atom. The maximum Gasteiger partial charge on any atom is 0.238 e. The van der Waals surface area contributed by atoms with E-state index in [1.807, 2.05) is 12.1 Å². The maximum atomic E-state index is 12.2. The van der Waals surface area contributed by atoms with Gasteiger partial charge in [-0.25, -0.2) is 4.98 Å². The summed E-state index contributed by atoms with van der Waals surface area (Å²) in [6.07, 6.45) is 6.66. The number of amides is 1. The minimum atomic E-state index is 0.0411. The van der Waals surface area contributed by atoms with Crippen LogP contribution in [0.15, 0.2) is 18.3 Å². The zero-order valence-corrected chi connectivity index (χ0v) is 13.8. The van der Waals surface area contributed by atoms with Gasteiger partial charge in [0, 0.05) is 26.2 Å². The fourth-order valence-corrected chi connectivity index (χ4v) is 3.23. The van der Waals surface area contributed by atoms with Crippen LogP contribution in [0.2, 0.25) is 0 Å². The first-order valence-corrected chi connectivity index (χ1v) is 8.75. The fourth-order valence-electron chi connectivity index (χ4n) is 3.23. The topological polar surface area (TPSA) is 60.5 Å². The van der Waals surface area contributed by atoms with E-state index in [0.29, 0.717) is 6.54 Å². The molecule has 126 valence electrons. The molecule has 0 spiro atoms. The summed E-state index contributed by atoms with van der Waals surface area (Å²) in [5, 5.41) is 6.31. The second-order valence-electron chi connectivity index (χ2n) is 6.38. The van der Waals surface area contributed by atoms with E-state index in [-0.39, 0.29) is 5.91 Å². The Morgan fingerprint density at radius 3 is 2.74 bits per heavy atom. The molecule has 0 aliphatic carbocycles. The molecule has 6 heteroatoms. The van der Waals surface area contributed by atoms with Crippen LogP contribution < -0.4 is 15.5 Å². The number of hydrogen-bond acceptors (Lipinski definition) is 5. The number of carbonyl (C=O) groups is 1. The molecule has 1 aromatic rings. The molecule has 0 unspecified atom stereocenters. The molecule has 2 aliphatic rings. The van der Waals surface area contributed by atoms with Crippen LogP contribution in [0.25, 0.3) is 0 Å². The number of aromatic nitrogens is 1. The van der Waals surface area contributed by atoms with Gasteiger partial charge in [0.15, 0.2) is 0 Å². The number of rotatable bonds is 4. The molecule has 3 rings (SSSR count). The van der Waals surface area contributed by atoms with Gasteiger partial charge in [-0.1, -0.05) is 0 Å². The predicted molar refractivity (Wildman–Crippen MR) is 92.9 cm³/mol. The average molecular weight is 317 g/mol. The van der Waals surface area contributed by atoms with Crippen molar-refractivity contribution in [3.8, 4) is 0 Å². The van der Waals surface area contributed by atoms with Crippen LogP contribution in [0.4, 0.5) is 11.5 Å². The van der Waals surface area contributed by atoms with Crippen LogP contribution in [-0.4, -0.2) is 61.6 Å². The highest BCUT2D eigenvalue weighted by molar-refractivity contribution is 5.92. The lowest BCUT2D eigenvalue weighted by Crippen LogP contribution is -2.35. The quantitative estimate of drug-likeness (QED) is 0.877. The van der Waals surface area contributed by atoms with Gasteiger partial charge in [-0.05, 0) is 50.9 Å². The number of anilines is 2. The van der Waals surface area contributed by atoms with E-state index in [1.54, 1.807) is 6.20 Å². The molecule has 0 aromatic carbocycles. The van der Waals surface area contributed by atoms with Gasteiger partial charge in [0.1, 0.15) is 5.82 Å². The normalized spacial score (nSPS) is 20.1. The van der Waals surface area contributed by atoms with E-state index < -0.39 is 0 Å². The van der Waals surface area contributed by atoms with Crippen molar-refractivity contribution in [2.75, 3.05) is 56.0 Å². The summed E-state index contributed by atoms with van der Waals surface area (Å²) in [6.45, 7) is 6.53. The zero-order chi connectivity index (χ0) is 15.9. The molecule has 1 amide bonds. The van der Waals surface area contributed by atoms with E-state index >= 15 is 0 Å². The lowest BCUT2D eigenvalue weighted by atomic mass is 10.1. The van der Waals surface area contributed by atoms with Crippen molar-refractivity contribution >= 4 is 17.4 Å². The van der Waals surface area contributed by atoms with Crippen LogP contribution in [-0.2, 0) is 4.79 Å². The highest BCUT2D eigenvalue weighted by atomic mass is 16.2. The zero-order valence-electron chi connectivity index (χ0n) is 13.8. The molecule has 0 bridgehead atoms. The molecule has 0 saturated carbocycles. The highest BCUT2D eigenvalue weighted by Gasteiger charge is 2.14. The van der Waals surface area contributed by atoms with Crippen molar-refractivity contribution in [1.29, 1.82) is 0 Å². The Morgan fingerprint density at radius 1 is 1.09 bits per heavy atom. The molecule has 0 atom stereocenters. The van der Waals surface area contributed by atoms with Crippen LogP contribution >= 0.6 is 0 Å². The minimum absolute atomic E-state index is 0.0411. The third-order valence-electron chi connectivity index (χ3n) is 4.51. The Hall–Kier alpha value is -1.66. The SMILES string of the molecule is O=C(CN1CCCNCC1)Nc1ccc(N2CCCCC2)nc1. The third-order valence-corrected chi connectivity index (χ3v) is 4.51. The average Bonchev–Trinajstić information content (AvgIpc) is 2.85. The number of piperidine rings is 1. The second kappa shape index (κ2) is 8.26. The highest BCUT2D eigenvalue weighted by Crippen LogP contribution is 2.18. The van der Waals surface area contributed by atoms with Crippen molar-refractivity contribution in [3.63, 3.8) is 0 Å². The van der Waals surface area contributed by atoms with E-state index in [9.17, 15) is 4.79 Å². The molecule has 2 N–H and O–H groups in total. The van der Waals surface area contributed by atoms with Gasteiger partial charge in [-0.2, -0.15) is 0 Å². The Balaban J connectivity index is 1.49. The van der Waals surface area contributed by atoms with Crippen molar-refractivity contribution in [2.24, 2.45) is 0 Å². The van der Waals surface area contributed by atoms with E-state index in [4.69, 9.17) is 0 Å². The first-order valence-electron chi connectivity index (χ1n) is 8.75. The fraction of sp³-hybridized carbons (Fsp3) is 0.647. The first kappa shape index (κ1) is 16.2. The first-order chi connectivity index (χ1) is 11.3. The smallest absolute Gasteiger partial charge is 0.238 e. The van der Waals surface area contributed by atoms with Crippen LogP contribution in [0.5, 0.6) is 0 Å². The number of hydrogen-bond donors (Lipinski definition) is 2. The lowest BCUT2D eigenvalue weighted by Gasteiger charge is -2.27. The summed E-state index contributed by atoms with van der Waals surface area (Å²) >= 11 is 0. The van der Waals surface area contributed by atoms with Gasteiger partial charge < -0.3 is 15.5 Å². The van der Waals surface area contributed by atoms with E-state index in [1.165, 1.54) is 19.3 Å². The van der Waals surface area contributed by atoms with Crippen LogP contribution in [0.1, 0.15) is 25.7 Å². The summed E-state index contributed by atoms with van der Waals surface area (Å²) in [5.74, 6) is 1.06. The van der Waals surface area contributed by atoms with Gasteiger partial charge in [-0.3, -0.25) is 9.69 Å². The van der Waals surface area contributed by atoms with Crippen LogP contribution in [0, 0.1) is 0 Å². The molecule has 2 saturated heterocycles. The van der Waals surface area contributed by atoms with Crippen LogP contribution in [0.3, 0.4) is 0 Å². The van der Waals surface area contributed by atoms with E-state index in [2.05, 4.69) is 25.4 Å². The molecule has 2 aliphatic heterocycles. The van der Waals surface area contributed by atoms with E-state index in [0.717, 1.165) is 57.2 Å². The van der Waals surface area contributed by atoms with Crippen molar-refractivity contribution in [3.05, 3.63) is 18.3 Å². The molecule has 3 heterocycles. The monoisotopic (exact) mass is 317 g/mol. The molecule has 2 fully saturated rings. The molecule has 1 aromatic heterocycles. The number of nitrogens with zero attached hydrogens (tertiary/aromatic N) is 3. The summed E-state index contributed by atoms with van der Waals surface area (Å²) in [7, 11) is 0. The predicted octanol–water partition coefficient (Wildman–Crippen LogP) is 1.31. The lowest BCUT2D eigenvalue weighted by molar-refractivity contribution is -0.117. The standard InChI is InChI=1S/C17H27N5O/c23-17(14-21-9-4-7-18-8-12-21)20-15-5-6-16(19-13-15)22-10-2-1-3-11-22/h5-6,13,18H,1-4,7-12,14H2,(H,20,23). The number of pyridine rings is 1. The van der Waals surface area contributed by atoms with Crippen molar-refractivity contribution in [2.45, 2.75) is 25.7 Å². The summed E-state index contributed by atoms with van der Waals surface area (Å²) in [5.41, 5.74) is 0.781. The molecular weight excluding hydrogens is 290 g/mol. The van der Waals surface area contributed by atoms with Gasteiger partial charge in [0.25, 0.3) is 0 Å². The Bertz CT molecular complexity index is 490. The van der Waals surface area contributed by atoms with Gasteiger partial charge in [0.2, 0.25) is 5.91 Å². The number of carbonyl (C=O) groups excluding carboxylic acids is 1. The third kappa shape index (κ3) is 4.91. The Labute approximate surface area is 138 Å². The molecule has 6 nitrogen and oxygen atoms in total. The maximum absolute atomic E-state index is 12.2. The molecule has 23 heavy (non-hydrogen) atoms. The molecular formula is C17H27N5O. The Kier molecular flexibility index (Phi) is 5.82. The summed E-state index contributed by atoms with van der Waals surface area (Å²) < 4.78 is 0. The summed E-state index contributed by atoms with van der Waals surface area (Å²) in [6, 6.07) is 3.97. The molecule has 0 radical (unpaired) electrons. The summed E-state index contributed by atoms with van der Waals surface area (Å²) in [4.78, 5) is 21.2. The van der Waals surface area contributed by atoms with Crippen molar-refractivity contribution < 1.29 is 4.79 Å². The minimum Gasteiger partial charge on any atom is -0.357 e. The second-order valence-corrected chi connectivity index (χ2v) is 6.38. The van der Waals surface area contributed by atoms with Gasteiger partial charge in [0.05, 0.1) is 18.4 Å². The van der Waals surface area contributed by atoms with Crippen molar-refractivity contribution in [1.82, 2.24) is 15.2 Å². The number of nitrogens with one attached hydrogen (secondary N) is 2. The van der Waals surface area contributed by atoms with Gasteiger partial charge >= 0.3 is 0 Å². The van der Waals surface area contributed by atoms with Gasteiger partial charge in [-0.15, -0.1) is 0 Å².